The minimum Gasteiger partial charge on any atom is -0.458 e. The molecule has 0 atom stereocenters. The molecule has 0 amide bonds. The van der Waals surface area contributed by atoms with Gasteiger partial charge in [0.25, 0.3) is 13.4 Å². The van der Waals surface area contributed by atoms with Crippen molar-refractivity contribution in [1.82, 2.24) is 9.55 Å². The quantitative estimate of drug-likeness (QED) is 0.191. The number of aromatic nitrogens is 2. The molecule has 53 heavy (non-hydrogen) atoms. The van der Waals surface area contributed by atoms with Crippen LogP contribution in [0, 0.1) is 0 Å². The van der Waals surface area contributed by atoms with Gasteiger partial charge in [0.05, 0.1) is 16.7 Å². The van der Waals surface area contributed by atoms with E-state index in [0.717, 1.165) is 78.4 Å². The molecule has 0 bridgehead atoms. The molecule has 0 saturated heterocycles. The van der Waals surface area contributed by atoms with E-state index < -0.39 is 0 Å². The van der Waals surface area contributed by atoms with Gasteiger partial charge in [-0.1, -0.05) is 99.6 Å². The summed E-state index contributed by atoms with van der Waals surface area (Å²) in [6.45, 7) is 6.52. The van der Waals surface area contributed by atoms with Gasteiger partial charge in [0.1, 0.15) is 23.0 Å². The van der Waals surface area contributed by atoms with E-state index >= 15 is 0 Å². The van der Waals surface area contributed by atoms with Gasteiger partial charge in [0.15, 0.2) is 0 Å². The van der Waals surface area contributed by atoms with Crippen molar-refractivity contribution >= 4 is 79.4 Å². The van der Waals surface area contributed by atoms with Gasteiger partial charge in [-0.3, -0.25) is 0 Å². The number of rotatable bonds is 1. The first-order chi connectivity index (χ1) is 25.9. The van der Waals surface area contributed by atoms with E-state index in [2.05, 4.69) is 152 Å². The van der Waals surface area contributed by atoms with Crippen LogP contribution in [0.3, 0.4) is 0 Å². The number of nitrogens with one attached hydrogen (secondary N) is 1. The zero-order valence-electron chi connectivity index (χ0n) is 29.4. The van der Waals surface area contributed by atoms with Crippen LogP contribution in [-0.2, 0) is 5.41 Å². The summed E-state index contributed by atoms with van der Waals surface area (Å²) in [5.41, 5.74) is 13.0. The Bertz CT molecular complexity index is 2870. The molecule has 250 valence electrons. The second kappa shape index (κ2) is 10.1. The summed E-state index contributed by atoms with van der Waals surface area (Å²) in [6.07, 6.45) is 0. The second-order valence-corrected chi connectivity index (χ2v) is 15.6. The number of para-hydroxylation sites is 4. The molecule has 6 nitrogen and oxygen atoms in total. The first-order valence-electron chi connectivity index (χ1n) is 18.3. The molecule has 12 rings (SSSR count). The van der Waals surface area contributed by atoms with Gasteiger partial charge in [0, 0.05) is 39.7 Å². The number of ether oxygens (including phenoxy) is 3. The molecule has 8 heteroatoms. The maximum atomic E-state index is 6.91. The molecule has 2 aromatic heterocycles. The standard InChI is InChI=1S/C45H31B2N3O3/c1-45(2,3)25-20-34-41-38(21-25)52-43-31(46(41)29-14-6-8-16-33(29)48-34)24-32-44(49-43)53-40-23-26(22-39-42(40)47(32)30-15-7-11-19-37(30)51-39)50-35-17-9-4-12-27(35)28-13-5-10-18-36(28)50/h4-24,48H,1-3H3. The zero-order valence-corrected chi connectivity index (χ0v) is 29.4. The van der Waals surface area contributed by atoms with E-state index in [1.54, 1.807) is 0 Å². The van der Waals surface area contributed by atoms with Crippen molar-refractivity contribution in [3.05, 3.63) is 133 Å². The van der Waals surface area contributed by atoms with Crippen molar-refractivity contribution in [1.29, 1.82) is 0 Å². The van der Waals surface area contributed by atoms with E-state index in [9.17, 15) is 0 Å². The van der Waals surface area contributed by atoms with Crippen LogP contribution in [0.1, 0.15) is 26.3 Å². The summed E-state index contributed by atoms with van der Waals surface area (Å²) in [7, 11) is 0. The Balaban J connectivity index is 1.09. The zero-order chi connectivity index (χ0) is 35.2. The molecule has 0 unspecified atom stereocenters. The topological polar surface area (TPSA) is 57.5 Å². The number of benzene rings is 6. The molecule has 6 heterocycles. The first-order valence-corrected chi connectivity index (χ1v) is 18.3. The summed E-state index contributed by atoms with van der Waals surface area (Å²) < 4.78 is 22.8. The minimum atomic E-state index is -0.139. The lowest BCUT2D eigenvalue weighted by atomic mass is 9.32. The SMILES string of the molecule is CC(C)(C)c1cc2c3c(c1)Oc1nc4c(cc1B3c1ccccc1N2)B1c2ccccc2Oc2cc(-n3c5ccccc5c5ccccc53)cc(c21)O4. The molecule has 0 radical (unpaired) electrons. The highest BCUT2D eigenvalue weighted by molar-refractivity contribution is 7.01. The third-order valence-corrected chi connectivity index (χ3v) is 11.5. The largest absolute Gasteiger partial charge is 0.458 e. The predicted molar refractivity (Wildman–Crippen MR) is 216 cm³/mol. The van der Waals surface area contributed by atoms with Gasteiger partial charge in [-0.2, -0.15) is 4.98 Å². The summed E-state index contributed by atoms with van der Waals surface area (Å²) in [5.74, 6) is 4.34. The third-order valence-electron chi connectivity index (χ3n) is 11.5. The van der Waals surface area contributed by atoms with Crippen molar-refractivity contribution in [3.8, 4) is 40.4 Å². The van der Waals surface area contributed by atoms with Gasteiger partial charge < -0.3 is 24.1 Å². The molecular formula is C45H31B2N3O3. The van der Waals surface area contributed by atoms with Crippen LogP contribution in [0.25, 0.3) is 27.5 Å². The Labute approximate surface area is 307 Å². The Kier molecular flexibility index (Phi) is 5.59. The minimum absolute atomic E-state index is 0.0540. The van der Waals surface area contributed by atoms with Crippen LogP contribution in [0.5, 0.6) is 34.8 Å². The number of hydrogen-bond donors (Lipinski definition) is 1. The van der Waals surface area contributed by atoms with E-state index in [1.807, 2.05) is 6.07 Å². The van der Waals surface area contributed by atoms with Crippen LogP contribution < -0.4 is 52.3 Å². The highest BCUT2D eigenvalue weighted by Gasteiger charge is 2.45. The maximum Gasteiger partial charge on any atom is 0.262 e. The molecule has 1 N–H and O–H groups in total. The fraction of sp³-hybridized carbons (Fsp3) is 0.0889. The summed E-state index contributed by atoms with van der Waals surface area (Å²) in [6, 6.07) is 45.1. The Hall–Kier alpha value is -6.40. The van der Waals surface area contributed by atoms with Crippen LogP contribution in [0.15, 0.2) is 127 Å². The predicted octanol–water partition coefficient (Wildman–Crippen LogP) is 6.88. The number of pyridine rings is 1. The molecule has 6 aromatic carbocycles. The van der Waals surface area contributed by atoms with Crippen molar-refractivity contribution < 1.29 is 14.2 Å². The van der Waals surface area contributed by atoms with Gasteiger partial charge in [-0.05, 0) is 74.7 Å². The summed E-state index contributed by atoms with van der Waals surface area (Å²) in [5, 5.41) is 6.15. The highest BCUT2D eigenvalue weighted by Crippen LogP contribution is 2.41. The van der Waals surface area contributed by atoms with Crippen LogP contribution >= 0.6 is 0 Å². The third kappa shape index (κ3) is 3.98. The van der Waals surface area contributed by atoms with E-state index in [1.165, 1.54) is 21.8 Å². The van der Waals surface area contributed by atoms with Crippen molar-refractivity contribution in [2.45, 2.75) is 26.2 Å². The Morgan fingerprint density at radius 3 is 1.83 bits per heavy atom. The molecule has 0 saturated carbocycles. The summed E-state index contributed by atoms with van der Waals surface area (Å²) in [4.78, 5) is 5.27. The average molecular weight is 683 g/mol. The van der Waals surface area contributed by atoms with Crippen LogP contribution in [0.4, 0.5) is 11.4 Å². The van der Waals surface area contributed by atoms with Gasteiger partial charge in [0.2, 0.25) is 11.8 Å². The van der Waals surface area contributed by atoms with Crippen molar-refractivity contribution in [2.75, 3.05) is 5.32 Å². The maximum absolute atomic E-state index is 6.91. The molecule has 0 spiro atoms. The fourth-order valence-electron chi connectivity index (χ4n) is 9.11. The fourth-order valence-corrected chi connectivity index (χ4v) is 9.11. The molecular weight excluding hydrogens is 652 g/mol. The highest BCUT2D eigenvalue weighted by atomic mass is 16.5. The normalized spacial score (nSPS) is 14.1. The Morgan fingerprint density at radius 1 is 0.528 bits per heavy atom. The van der Waals surface area contributed by atoms with Crippen LogP contribution in [-0.4, -0.2) is 23.0 Å². The number of anilines is 2. The van der Waals surface area contributed by atoms with Crippen molar-refractivity contribution in [3.63, 3.8) is 0 Å². The lowest BCUT2D eigenvalue weighted by molar-refractivity contribution is 0.427. The number of hydrogen-bond acceptors (Lipinski definition) is 5. The van der Waals surface area contributed by atoms with Gasteiger partial charge >= 0.3 is 0 Å². The van der Waals surface area contributed by atoms with E-state index in [0.29, 0.717) is 11.8 Å². The molecule has 4 aliphatic rings. The lowest BCUT2D eigenvalue weighted by Gasteiger charge is -2.37. The van der Waals surface area contributed by atoms with Gasteiger partial charge in [-0.25, -0.2) is 0 Å². The van der Waals surface area contributed by atoms with Gasteiger partial charge in [-0.15, -0.1) is 0 Å². The van der Waals surface area contributed by atoms with E-state index in [-0.39, 0.29) is 18.8 Å². The number of nitrogens with zero attached hydrogens (tertiary/aromatic N) is 2. The first kappa shape index (κ1) is 29.2. The number of fused-ring (bicyclic) bond motifs is 11. The average Bonchev–Trinajstić information content (AvgIpc) is 3.51. The van der Waals surface area contributed by atoms with E-state index in [4.69, 9.17) is 19.2 Å². The lowest BCUT2D eigenvalue weighted by Crippen LogP contribution is -2.62. The summed E-state index contributed by atoms with van der Waals surface area (Å²) >= 11 is 0. The molecule has 0 aliphatic carbocycles. The second-order valence-electron chi connectivity index (χ2n) is 15.6. The smallest absolute Gasteiger partial charge is 0.262 e. The molecule has 8 aromatic rings. The Morgan fingerprint density at radius 2 is 1.11 bits per heavy atom. The monoisotopic (exact) mass is 683 g/mol. The van der Waals surface area contributed by atoms with Crippen LogP contribution in [0.2, 0.25) is 0 Å². The molecule has 4 aliphatic heterocycles. The molecule has 0 fully saturated rings. The van der Waals surface area contributed by atoms with Crippen molar-refractivity contribution in [2.24, 2.45) is 0 Å².